The van der Waals surface area contributed by atoms with E-state index in [-0.39, 0.29) is 16.5 Å². The quantitative estimate of drug-likeness (QED) is 0.743. The van der Waals surface area contributed by atoms with Crippen molar-refractivity contribution in [3.05, 3.63) is 29.3 Å². The van der Waals surface area contributed by atoms with Gasteiger partial charge in [-0.25, -0.2) is 13.2 Å². The number of hydrogen-bond donors (Lipinski definition) is 1. The summed E-state index contributed by atoms with van der Waals surface area (Å²) in [7, 11) is -3.69. The van der Waals surface area contributed by atoms with Crippen LogP contribution in [0.1, 0.15) is 49.5 Å². The van der Waals surface area contributed by atoms with E-state index in [0.717, 1.165) is 12.8 Å². The maximum atomic E-state index is 13.0. The van der Waals surface area contributed by atoms with Gasteiger partial charge in [0.2, 0.25) is 10.0 Å². The molecule has 0 aromatic heterocycles. The van der Waals surface area contributed by atoms with Crippen LogP contribution in [0.3, 0.4) is 0 Å². The lowest BCUT2D eigenvalue weighted by Crippen LogP contribution is -2.45. The molecule has 0 bridgehead atoms. The molecule has 1 aliphatic rings. The second-order valence-electron chi connectivity index (χ2n) is 6.52. The van der Waals surface area contributed by atoms with Crippen LogP contribution in [0, 0.1) is 6.92 Å². The van der Waals surface area contributed by atoms with Crippen LogP contribution in [-0.2, 0) is 14.8 Å². The standard InChI is InChI=1S/C18H26N2O5S/c1-5-19(6-2)26(24,25)15-10-7-12(3)16(11-15)17(21)20(14-8-9-14)13(4)18(22)23/h7,10-11,13-14H,5-6,8-9H2,1-4H3,(H,22,23). The fourth-order valence-corrected chi connectivity index (χ4v) is 4.46. The topological polar surface area (TPSA) is 95.0 Å². The maximum Gasteiger partial charge on any atom is 0.326 e. The van der Waals surface area contributed by atoms with Gasteiger partial charge in [0, 0.05) is 24.7 Å². The van der Waals surface area contributed by atoms with Crippen molar-refractivity contribution >= 4 is 21.9 Å². The fourth-order valence-electron chi connectivity index (χ4n) is 2.97. The molecule has 1 N–H and O–H groups in total. The zero-order valence-electron chi connectivity index (χ0n) is 15.6. The van der Waals surface area contributed by atoms with Crippen molar-refractivity contribution in [1.82, 2.24) is 9.21 Å². The van der Waals surface area contributed by atoms with Crippen LogP contribution < -0.4 is 0 Å². The summed E-state index contributed by atoms with van der Waals surface area (Å²) in [4.78, 5) is 25.8. The molecular weight excluding hydrogens is 356 g/mol. The van der Waals surface area contributed by atoms with Crippen LogP contribution in [0.5, 0.6) is 0 Å². The van der Waals surface area contributed by atoms with Crippen LogP contribution >= 0.6 is 0 Å². The SMILES string of the molecule is CCN(CC)S(=O)(=O)c1ccc(C)c(C(=O)N(C2CC2)C(C)C(=O)O)c1. The summed E-state index contributed by atoms with van der Waals surface area (Å²) in [6.07, 6.45) is 1.53. The summed E-state index contributed by atoms with van der Waals surface area (Å²) in [5.41, 5.74) is 0.856. The van der Waals surface area contributed by atoms with Gasteiger partial charge in [0.1, 0.15) is 6.04 Å². The number of carbonyl (C=O) groups is 2. The highest BCUT2D eigenvalue weighted by molar-refractivity contribution is 7.89. The average Bonchev–Trinajstić information content (AvgIpc) is 3.40. The first-order valence-corrected chi connectivity index (χ1v) is 10.2. The van der Waals surface area contributed by atoms with Gasteiger partial charge in [-0.1, -0.05) is 19.9 Å². The number of benzene rings is 1. The lowest BCUT2D eigenvalue weighted by molar-refractivity contribution is -0.141. The van der Waals surface area contributed by atoms with Crippen molar-refractivity contribution < 1.29 is 23.1 Å². The Morgan fingerprint density at radius 2 is 1.81 bits per heavy atom. The first kappa shape index (κ1) is 20.4. The predicted octanol–water partition coefficient (Wildman–Crippen LogP) is 2.10. The number of aliphatic carboxylic acids is 1. The molecule has 1 unspecified atom stereocenters. The summed E-state index contributed by atoms with van der Waals surface area (Å²) in [5.74, 6) is -1.51. The van der Waals surface area contributed by atoms with Gasteiger partial charge in [0.25, 0.3) is 5.91 Å². The highest BCUT2D eigenvalue weighted by Crippen LogP contribution is 2.31. The summed E-state index contributed by atoms with van der Waals surface area (Å²) >= 11 is 0. The molecule has 1 aromatic carbocycles. The number of rotatable bonds is 8. The minimum atomic E-state index is -3.69. The predicted molar refractivity (Wildman–Crippen MR) is 97.6 cm³/mol. The Morgan fingerprint density at radius 1 is 1.23 bits per heavy atom. The lowest BCUT2D eigenvalue weighted by Gasteiger charge is -2.27. The van der Waals surface area contributed by atoms with Crippen molar-refractivity contribution in [3.63, 3.8) is 0 Å². The molecule has 1 atom stereocenters. The fraction of sp³-hybridized carbons (Fsp3) is 0.556. The molecule has 0 aliphatic heterocycles. The summed E-state index contributed by atoms with van der Waals surface area (Å²) < 4.78 is 26.8. The van der Waals surface area contributed by atoms with E-state index < -0.39 is 27.9 Å². The second-order valence-corrected chi connectivity index (χ2v) is 8.46. The van der Waals surface area contributed by atoms with E-state index in [0.29, 0.717) is 18.7 Å². The first-order chi connectivity index (χ1) is 12.1. The van der Waals surface area contributed by atoms with Crippen molar-refractivity contribution in [2.75, 3.05) is 13.1 Å². The summed E-state index contributed by atoms with van der Waals surface area (Å²) in [5, 5.41) is 9.32. The van der Waals surface area contributed by atoms with Crippen LogP contribution in [0.4, 0.5) is 0 Å². The van der Waals surface area contributed by atoms with E-state index in [2.05, 4.69) is 0 Å². The van der Waals surface area contributed by atoms with Gasteiger partial charge in [-0.3, -0.25) is 4.79 Å². The van der Waals surface area contributed by atoms with Gasteiger partial charge in [-0.05, 0) is 44.4 Å². The zero-order chi connectivity index (χ0) is 19.6. The molecule has 1 saturated carbocycles. The maximum absolute atomic E-state index is 13.0. The van der Waals surface area contributed by atoms with Gasteiger partial charge >= 0.3 is 5.97 Å². The number of carboxylic acid groups (broad SMARTS) is 1. The van der Waals surface area contributed by atoms with Crippen molar-refractivity contribution in [1.29, 1.82) is 0 Å². The summed E-state index contributed by atoms with van der Waals surface area (Å²) in [6.45, 7) is 7.37. The highest BCUT2D eigenvalue weighted by atomic mass is 32.2. The average molecular weight is 382 g/mol. The number of carbonyl (C=O) groups excluding carboxylic acids is 1. The van der Waals surface area contributed by atoms with Gasteiger partial charge in [0.05, 0.1) is 4.90 Å². The molecule has 1 amide bonds. The van der Waals surface area contributed by atoms with Crippen molar-refractivity contribution in [2.24, 2.45) is 0 Å². The molecule has 26 heavy (non-hydrogen) atoms. The lowest BCUT2D eigenvalue weighted by atomic mass is 10.1. The van der Waals surface area contributed by atoms with E-state index in [4.69, 9.17) is 0 Å². The Bertz CT molecular complexity index is 798. The molecule has 0 heterocycles. The molecular formula is C18H26N2O5S. The third-order valence-corrected chi connectivity index (χ3v) is 6.78. The molecule has 2 rings (SSSR count). The Balaban J connectivity index is 2.46. The molecule has 144 valence electrons. The van der Waals surface area contributed by atoms with E-state index >= 15 is 0 Å². The molecule has 0 spiro atoms. The zero-order valence-corrected chi connectivity index (χ0v) is 16.4. The minimum absolute atomic E-state index is 0.0499. The van der Waals surface area contributed by atoms with E-state index in [9.17, 15) is 23.1 Å². The molecule has 0 saturated heterocycles. The number of hydrogen-bond acceptors (Lipinski definition) is 4. The van der Waals surface area contributed by atoms with Crippen LogP contribution in [-0.4, -0.2) is 59.8 Å². The van der Waals surface area contributed by atoms with Gasteiger partial charge in [-0.2, -0.15) is 4.31 Å². The van der Waals surface area contributed by atoms with E-state index in [1.54, 1.807) is 26.8 Å². The number of nitrogens with zero attached hydrogens (tertiary/aromatic N) is 2. The normalized spacial score (nSPS) is 15.7. The molecule has 7 nitrogen and oxygen atoms in total. The smallest absolute Gasteiger partial charge is 0.326 e. The Hall–Kier alpha value is -1.93. The highest BCUT2D eigenvalue weighted by Gasteiger charge is 2.39. The van der Waals surface area contributed by atoms with Gasteiger partial charge < -0.3 is 10.0 Å². The van der Waals surface area contributed by atoms with Crippen LogP contribution in [0.25, 0.3) is 0 Å². The van der Waals surface area contributed by atoms with Crippen molar-refractivity contribution in [2.45, 2.75) is 57.5 Å². The number of sulfonamides is 1. The van der Waals surface area contributed by atoms with Crippen LogP contribution in [0.2, 0.25) is 0 Å². The molecule has 8 heteroatoms. The second kappa shape index (κ2) is 7.75. The first-order valence-electron chi connectivity index (χ1n) is 8.81. The third-order valence-electron chi connectivity index (χ3n) is 4.73. The third kappa shape index (κ3) is 3.91. The van der Waals surface area contributed by atoms with Crippen LogP contribution in [0.15, 0.2) is 23.1 Å². The molecule has 1 aromatic rings. The van der Waals surface area contributed by atoms with Gasteiger partial charge in [-0.15, -0.1) is 0 Å². The molecule has 1 aliphatic carbocycles. The Labute approximate surface area is 154 Å². The van der Waals surface area contributed by atoms with Gasteiger partial charge in [0.15, 0.2) is 0 Å². The number of carboxylic acids is 1. The number of aryl methyl sites for hydroxylation is 1. The van der Waals surface area contributed by atoms with E-state index in [1.807, 2.05) is 0 Å². The Kier molecular flexibility index (Phi) is 6.08. The largest absolute Gasteiger partial charge is 0.480 e. The molecule has 1 fully saturated rings. The van der Waals surface area contributed by atoms with E-state index in [1.165, 1.54) is 28.3 Å². The summed E-state index contributed by atoms with van der Waals surface area (Å²) in [6, 6.07) is 3.39. The molecule has 0 radical (unpaired) electrons. The minimum Gasteiger partial charge on any atom is -0.480 e. The number of amides is 1. The monoisotopic (exact) mass is 382 g/mol. The Morgan fingerprint density at radius 3 is 2.27 bits per heavy atom. The van der Waals surface area contributed by atoms with Crippen molar-refractivity contribution in [3.8, 4) is 0 Å².